The molecule has 0 saturated heterocycles. The maximum absolute atomic E-state index is 14.0. The van der Waals surface area contributed by atoms with Crippen LogP contribution in [-0.4, -0.2) is 42.7 Å². The lowest BCUT2D eigenvalue weighted by molar-refractivity contribution is -0.0662. The normalized spacial score (nSPS) is 31.9. The average Bonchev–Trinajstić information content (AvgIpc) is 2.59. The number of nitrogens with zero attached hydrogens (tertiary/aromatic N) is 1. The number of carbonyl (C=O) groups is 1. The lowest BCUT2D eigenvalue weighted by atomic mass is 9.49. The Labute approximate surface area is 154 Å². The van der Waals surface area contributed by atoms with E-state index in [0.29, 0.717) is 6.54 Å². The van der Waals surface area contributed by atoms with Crippen LogP contribution in [0.3, 0.4) is 0 Å². The molecule has 1 amide bonds. The zero-order valence-electron chi connectivity index (χ0n) is 15.4. The second kappa shape index (κ2) is 6.84. The van der Waals surface area contributed by atoms with Crippen molar-refractivity contribution in [1.82, 2.24) is 4.90 Å². The Morgan fingerprint density at radius 2 is 1.85 bits per heavy atom. The molecule has 26 heavy (non-hydrogen) atoms. The van der Waals surface area contributed by atoms with Gasteiger partial charge in [0.25, 0.3) is 5.91 Å². The van der Waals surface area contributed by atoms with Crippen LogP contribution < -0.4 is 4.74 Å². The number of benzene rings is 1. The number of rotatable bonds is 6. The van der Waals surface area contributed by atoms with Crippen LogP contribution in [0, 0.1) is 29.0 Å². The Hall–Kier alpha value is -1.62. The predicted molar refractivity (Wildman–Crippen MR) is 96.5 cm³/mol. The molecule has 1 N–H and O–H groups in total. The van der Waals surface area contributed by atoms with Crippen LogP contribution in [0.1, 0.15) is 48.9 Å². The quantitative estimate of drug-likeness (QED) is 0.844. The van der Waals surface area contributed by atoms with Crippen LogP contribution in [-0.2, 0) is 0 Å². The molecule has 0 spiro atoms. The summed E-state index contributed by atoms with van der Waals surface area (Å²) in [5.74, 6) is 1.62. The largest absolute Gasteiger partial charge is 0.493 e. The van der Waals surface area contributed by atoms with Gasteiger partial charge in [0.05, 0.1) is 19.3 Å². The molecule has 0 aliphatic heterocycles. The smallest absolute Gasteiger partial charge is 0.257 e. The fraction of sp³-hybridized carbons (Fsp3) is 0.667. The highest BCUT2D eigenvalue weighted by Gasteiger charge is 2.51. The summed E-state index contributed by atoms with van der Waals surface area (Å²) in [6.45, 7) is 0.853. The summed E-state index contributed by atoms with van der Waals surface area (Å²) in [7, 11) is 1.38. The molecule has 4 saturated carbocycles. The second-order valence-electron chi connectivity index (χ2n) is 8.69. The molecule has 0 aromatic heterocycles. The molecule has 4 fully saturated rings. The number of ether oxygens (including phenoxy) is 1. The topological polar surface area (TPSA) is 49.8 Å². The molecular formula is C21H28FNO3. The Bertz CT molecular complexity index is 655. The van der Waals surface area contributed by atoms with Crippen molar-refractivity contribution in [3.63, 3.8) is 0 Å². The van der Waals surface area contributed by atoms with Gasteiger partial charge in [0.15, 0.2) is 11.6 Å². The minimum atomic E-state index is -0.530. The third kappa shape index (κ3) is 3.11. The average molecular weight is 361 g/mol. The van der Waals surface area contributed by atoms with Gasteiger partial charge in [0.1, 0.15) is 0 Å². The molecule has 4 bridgehead atoms. The van der Waals surface area contributed by atoms with Crippen molar-refractivity contribution in [3.8, 4) is 5.75 Å². The Morgan fingerprint density at radius 1 is 1.23 bits per heavy atom. The summed E-state index contributed by atoms with van der Waals surface area (Å²) in [5, 5.41) is 9.53. The fourth-order valence-electron chi connectivity index (χ4n) is 6.32. The van der Waals surface area contributed by atoms with Gasteiger partial charge in [0.2, 0.25) is 0 Å². The molecule has 4 nitrogen and oxygen atoms in total. The molecule has 5 heteroatoms. The van der Waals surface area contributed by atoms with E-state index in [1.54, 1.807) is 11.0 Å². The number of aliphatic hydroxyl groups excluding tert-OH is 1. The Kier molecular flexibility index (Phi) is 4.68. The van der Waals surface area contributed by atoms with Crippen molar-refractivity contribution < 1.29 is 19.0 Å². The fourth-order valence-corrected chi connectivity index (χ4v) is 6.32. The van der Waals surface area contributed by atoms with E-state index in [-0.39, 0.29) is 35.8 Å². The minimum Gasteiger partial charge on any atom is -0.493 e. The van der Waals surface area contributed by atoms with Crippen LogP contribution in [0.25, 0.3) is 0 Å². The zero-order valence-corrected chi connectivity index (χ0v) is 15.4. The number of methoxy groups -OCH3 is 1. The van der Waals surface area contributed by atoms with Gasteiger partial charge >= 0.3 is 0 Å². The summed E-state index contributed by atoms with van der Waals surface area (Å²) >= 11 is 0. The molecule has 0 heterocycles. The summed E-state index contributed by atoms with van der Waals surface area (Å²) in [5.41, 5.74) is 0.422. The van der Waals surface area contributed by atoms with Crippen molar-refractivity contribution in [2.45, 2.75) is 38.5 Å². The third-order valence-corrected chi connectivity index (χ3v) is 6.75. The molecule has 142 valence electrons. The summed E-state index contributed by atoms with van der Waals surface area (Å²) in [6.07, 6.45) is 7.62. The number of amides is 1. The van der Waals surface area contributed by atoms with E-state index in [0.717, 1.165) is 17.8 Å². The van der Waals surface area contributed by atoms with Crippen LogP contribution in [0.2, 0.25) is 0 Å². The first-order valence-corrected chi connectivity index (χ1v) is 9.76. The Morgan fingerprint density at radius 3 is 2.38 bits per heavy atom. The van der Waals surface area contributed by atoms with Crippen molar-refractivity contribution >= 4 is 5.91 Å². The number of para-hydroxylation sites is 1. The number of carbonyl (C=O) groups excluding carboxylic acids is 1. The molecule has 0 radical (unpaired) electrons. The third-order valence-electron chi connectivity index (χ3n) is 6.75. The van der Waals surface area contributed by atoms with Crippen molar-refractivity contribution in [2.75, 3.05) is 26.8 Å². The highest BCUT2D eigenvalue weighted by molar-refractivity contribution is 5.97. The van der Waals surface area contributed by atoms with Crippen LogP contribution in [0.15, 0.2) is 18.2 Å². The van der Waals surface area contributed by atoms with Crippen LogP contribution in [0.4, 0.5) is 4.39 Å². The number of hydrogen-bond acceptors (Lipinski definition) is 3. The molecule has 0 unspecified atom stereocenters. The lowest BCUT2D eigenvalue weighted by Crippen LogP contribution is -2.52. The van der Waals surface area contributed by atoms with Gasteiger partial charge in [-0.15, -0.1) is 0 Å². The first-order valence-electron chi connectivity index (χ1n) is 9.76. The molecule has 1 aromatic carbocycles. The van der Waals surface area contributed by atoms with Gasteiger partial charge < -0.3 is 14.7 Å². The molecular weight excluding hydrogens is 333 g/mol. The molecule has 5 rings (SSSR count). The molecule has 1 aromatic rings. The van der Waals surface area contributed by atoms with E-state index in [1.807, 2.05) is 0 Å². The zero-order chi connectivity index (χ0) is 18.3. The highest BCUT2D eigenvalue weighted by atomic mass is 19.1. The number of halogens is 1. The van der Waals surface area contributed by atoms with E-state index in [9.17, 15) is 14.3 Å². The number of aliphatic hydroxyl groups is 1. The standard InChI is InChI=1S/C21H28FNO3/c1-26-19-17(3-2-4-18(19)22)20(25)23(5-6-24)13-21-10-14-7-15(11-21)9-16(8-14)12-21/h2-4,14-16,24H,5-13H2,1H3. The SMILES string of the molecule is COc1c(F)cccc1C(=O)N(CCO)CC12CC3CC(CC(C3)C1)C2. The first-order chi connectivity index (χ1) is 12.5. The van der Waals surface area contributed by atoms with E-state index in [1.165, 1.54) is 57.8 Å². The van der Waals surface area contributed by atoms with E-state index in [2.05, 4.69) is 0 Å². The van der Waals surface area contributed by atoms with Gasteiger partial charge in [-0.3, -0.25) is 4.79 Å². The Balaban J connectivity index is 1.58. The van der Waals surface area contributed by atoms with Gasteiger partial charge in [-0.1, -0.05) is 6.07 Å². The maximum atomic E-state index is 14.0. The minimum absolute atomic E-state index is 0.00838. The van der Waals surface area contributed by atoms with Crippen LogP contribution >= 0.6 is 0 Å². The van der Waals surface area contributed by atoms with Gasteiger partial charge in [-0.2, -0.15) is 0 Å². The maximum Gasteiger partial charge on any atom is 0.257 e. The monoisotopic (exact) mass is 361 g/mol. The number of hydrogen-bond donors (Lipinski definition) is 1. The molecule has 0 atom stereocenters. The molecule has 4 aliphatic carbocycles. The predicted octanol–water partition coefficient (Wildman–Crippen LogP) is 3.49. The molecule has 4 aliphatic rings. The van der Waals surface area contributed by atoms with Crippen molar-refractivity contribution in [3.05, 3.63) is 29.6 Å². The van der Waals surface area contributed by atoms with E-state index < -0.39 is 5.82 Å². The van der Waals surface area contributed by atoms with Gasteiger partial charge in [-0.05, 0) is 73.8 Å². The van der Waals surface area contributed by atoms with Gasteiger partial charge in [0, 0.05) is 13.1 Å². The van der Waals surface area contributed by atoms with Crippen molar-refractivity contribution in [2.24, 2.45) is 23.2 Å². The van der Waals surface area contributed by atoms with E-state index >= 15 is 0 Å². The lowest BCUT2D eigenvalue weighted by Gasteiger charge is -2.57. The summed E-state index contributed by atoms with van der Waals surface area (Å²) in [6, 6.07) is 4.44. The van der Waals surface area contributed by atoms with Gasteiger partial charge in [-0.25, -0.2) is 4.39 Å². The second-order valence-corrected chi connectivity index (χ2v) is 8.69. The summed E-state index contributed by atoms with van der Waals surface area (Å²) < 4.78 is 19.2. The van der Waals surface area contributed by atoms with Crippen LogP contribution in [0.5, 0.6) is 5.75 Å². The first kappa shape index (κ1) is 17.8. The van der Waals surface area contributed by atoms with Crippen molar-refractivity contribution in [1.29, 1.82) is 0 Å². The van der Waals surface area contributed by atoms with E-state index in [4.69, 9.17) is 4.74 Å². The summed E-state index contributed by atoms with van der Waals surface area (Å²) in [4.78, 5) is 14.9. The highest BCUT2D eigenvalue weighted by Crippen LogP contribution is 2.60.